The number of ether oxygens (including phenoxy) is 6. The summed E-state index contributed by atoms with van der Waals surface area (Å²) in [6.45, 7) is 42.8. The minimum atomic E-state index is -4.19. The zero-order chi connectivity index (χ0) is 93.0. The number of nitrogens with zero attached hydrogens (tertiary/aromatic N) is 6. The van der Waals surface area contributed by atoms with Gasteiger partial charge in [-0.2, -0.15) is 0 Å². The van der Waals surface area contributed by atoms with E-state index >= 15 is 0 Å². The SMILES string of the molecule is C=C(C)C(=O)OCC(O)C[N+](C)(C)CC(=O)[O-].C=C(C)C(=O)OCCOCC[N+](C)(C)CCCS(=O)(=O)[O-].C=C(C)C(=O)OCC[N+](C)(C)CCCCS(=O)(=O)[O-].C=C(C)C(=O)OCC[N+](C)(CCCCCCCCCCCC)CCCS(=O)(=O)[O-].C=C([O-])CC[N+](C)(C)CCOC(=O)C(=C)C.C=CC(=O)CCC[N+](C)(C)CCS(=O)(=O)[O-]. The molecule has 0 bridgehead atoms. The van der Waals surface area contributed by atoms with E-state index in [9.17, 15) is 101 Å². The van der Waals surface area contributed by atoms with Gasteiger partial charge in [-0.3, -0.25) is 4.79 Å². The highest BCUT2D eigenvalue weighted by atomic mass is 32.2. The van der Waals surface area contributed by atoms with Gasteiger partial charge in [-0.15, -0.1) is 12.3 Å². The normalized spacial score (nSPS) is 12.6. The summed E-state index contributed by atoms with van der Waals surface area (Å²) in [6, 6.07) is 0. The van der Waals surface area contributed by atoms with Crippen molar-refractivity contribution in [3.63, 3.8) is 0 Å². The summed E-state index contributed by atoms with van der Waals surface area (Å²) in [5, 5.41) is 30.8. The van der Waals surface area contributed by atoms with Crippen LogP contribution in [-0.4, -0.2) is 363 Å². The molecule has 0 fully saturated rings. The van der Waals surface area contributed by atoms with Gasteiger partial charge in [-0.1, -0.05) is 97.8 Å². The van der Waals surface area contributed by atoms with Crippen LogP contribution in [0.1, 0.15) is 151 Å². The van der Waals surface area contributed by atoms with Gasteiger partial charge >= 0.3 is 29.8 Å². The van der Waals surface area contributed by atoms with Gasteiger partial charge in [-0.05, 0) is 66.4 Å². The van der Waals surface area contributed by atoms with Crippen LogP contribution in [0, 0.1) is 0 Å². The van der Waals surface area contributed by atoms with E-state index in [-0.39, 0.29) is 90.0 Å². The topological polar surface area (TPSA) is 470 Å². The molecule has 0 aliphatic rings. The Balaban J connectivity index is -0.000000323. The van der Waals surface area contributed by atoms with E-state index in [1.165, 1.54) is 64.4 Å². The molecule has 0 saturated carbocycles. The minimum absolute atomic E-state index is 0.0172. The fourth-order valence-corrected chi connectivity index (χ4v) is 12.2. The molecule has 2 atom stereocenters. The molecule has 0 saturated heterocycles. The Morgan fingerprint density at radius 1 is 0.364 bits per heavy atom. The second-order valence-corrected chi connectivity index (χ2v) is 39.1. The Labute approximate surface area is 708 Å². The maximum atomic E-state index is 11.6. The fraction of sp³-hybridized carbons (Fsp3) is 0.738. The summed E-state index contributed by atoms with van der Waals surface area (Å²) >= 11 is 0. The van der Waals surface area contributed by atoms with Crippen molar-refractivity contribution in [3.8, 4) is 0 Å². The molecule has 0 aromatic carbocycles. The van der Waals surface area contributed by atoms with Crippen LogP contribution in [0.2, 0.25) is 0 Å². The molecular formula is C80H150N6O28S4. The van der Waals surface area contributed by atoms with E-state index in [4.69, 9.17) is 28.4 Å². The second-order valence-electron chi connectivity index (χ2n) is 33.0. The van der Waals surface area contributed by atoms with Crippen molar-refractivity contribution in [2.45, 2.75) is 157 Å². The summed E-state index contributed by atoms with van der Waals surface area (Å²) in [5.41, 5.74) is 1.73. The molecule has 0 rings (SSSR count). The number of quaternary nitrogens is 6. The highest BCUT2D eigenvalue weighted by Crippen LogP contribution is 2.15. The molecular weight excluding hydrogens is 1620 g/mol. The Morgan fingerprint density at radius 2 is 0.686 bits per heavy atom. The quantitative estimate of drug-likeness (QED) is 0.0171. The maximum Gasteiger partial charge on any atom is 0.333 e. The number of carboxylic acids is 1. The zero-order valence-corrected chi connectivity index (χ0v) is 77.6. The van der Waals surface area contributed by atoms with Gasteiger partial charge in [0.2, 0.25) is 0 Å². The molecule has 118 heavy (non-hydrogen) atoms. The van der Waals surface area contributed by atoms with E-state index in [0.29, 0.717) is 168 Å². The van der Waals surface area contributed by atoms with Crippen molar-refractivity contribution in [1.29, 1.82) is 0 Å². The van der Waals surface area contributed by atoms with Crippen molar-refractivity contribution in [1.82, 2.24) is 0 Å². The van der Waals surface area contributed by atoms with Crippen LogP contribution in [0.25, 0.3) is 0 Å². The molecule has 0 amide bonds. The summed E-state index contributed by atoms with van der Waals surface area (Å²) in [6.07, 6.45) is 16.1. The van der Waals surface area contributed by atoms with Gasteiger partial charge in [-0.25, -0.2) is 57.6 Å². The molecule has 0 aromatic rings. The number of hydrogen-bond donors (Lipinski definition) is 1. The number of aliphatic hydroxyl groups is 1. The van der Waals surface area contributed by atoms with Crippen LogP contribution in [0.4, 0.5) is 0 Å². The van der Waals surface area contributed by atoms with Crippen molar-refractivity contribution in [2.75, 3.05) is 232 Å². The first-order valence-corrected chi connectivity index (χ1v) is 45.8. The van der Waals surface area contributed by atoms with Crippen molar-refractivity contribution in [3.05, 3.63) is 85.8 Å². The molecule has 0 heterocycles. The standard InChI is InChI=1S/C22H43NO5S.C13H25NO6S.C12H23NO5S.C12H21NO3.C11H19NO5.C10H19NO4S/c1-5-6-7-8-9-10-11-12-13-14-16-23(4,17-15-20-29(25,26)27)18-19-28-22(24)21(2)3;1-12(2)13(15)20-10-9-19-8-7-14(3,4)6-5-11-21(16,17)18;1-11(2)12(14)18-9-8-13(3,4)7-5-6-10-19(15,16)17;1-10(2)12(15)16-9-8-13(4,5)7-6-11(3)14;1-8(2)11(16)17-7-9(13)5-12(3,4)6-10(14)15;1-4-10(12)6-5-7-11(2,3)8-9-16(13,14)15/h2,5-20H2,1,3-4H3;1,5-11H2,2-4H3;1,5-10H2,2-4H3;1,3,6-9H2,2,4-5H3;9,13H,1,5-7H2,2-4H3;4H,1,5-9H2,2-3H3. The third-order valence-electron chi connectivity index (χ3n) is 17.5. The van der Waals surface area contributed by atoms with E-state index in [1.54, 1.807) is 41.8 Å². The first kappa shape index (κ1) is 123. The van der Waals surface area contributed by atoms with E-state index in [0.717, 1.165) is 25.9 Å². The fourth-order valence-electron chi connectivity index (χ4n) is 10.0. The molecule has 2 unspecified atom stereocenters. The minimum Gasteiger partial charge on any atom is -0.876 e. The number of ketones is 1. The highest BCUT2D eigenvalue weighted by Gasteiger charge is 2.25. The Hall–Kier alpha value is -6.21. The Morgan fingerprint density at radius 3 is 1.08 bits per heavy atom. The van der Waals surface area contributed by atoms with Crippen LogP contribution in [0.5, 0.6) is 0 Å². The third-order valence-corrected chi connectivity index (χ3v) is 20.6. The number of allylic oxidation sites excluding steroid dienone is 1. The summed E-state index contributed by atoms with van der Waals surface area (Å²) in [7, 11) is 4.14. The summed E-state index contributed by atoms with van der Waals surface area (Å²) < 4.78 is 160. The maximum absolute atomic E-state index is 11.6. The van der Waals surface area contributed by atoms with Gasteiger partial charge in [0.25, 0.3) is 0 Å². The first-order valence-electron chi connectivity index (χ1n) is 39.5. The van der Waals surface area contributed by atoms with Crippen LogP contribution >= 0.6 is 0 Å². The Kier molecular flexibility index (Phi) is 67.1. The van der Waals surface area contributed by atoms with Crippen molar-refractivity contribution >= 4 is 82.1 Å². The van der Waals surface area contributed by atoms with Crippen molar-refractivity contribution < 1.29 is 156 Å². The average Bonchev–Trinajstić information content (AvgIpc) is 0.896. The van der Waals surface area contributed by atoms with Gasteiger partial charge in [0.1, 0.15) is 88.5 Å². The lowest BCUT2D eigenvalue weighted by molar-refractivity contribution is -0.909. The first-order chi connectivity index (χ1) is 53.7. The molecule has 0 aromatic heterocycles. The number of aliphatic carboxylic acids is 1. The van der Waals surface area contributed by atoms with E-state index in [1.807, 2.05) is 63.4 Å². The number of carbonyl (C=O) groups is 7. The lowest BCUT2D eigenvalue weighted by Gasteiger charge is -2.34. The lowest BCUT2D eigenvalue weighted by Crippen LogP contribution is -2.52. The molecule has 38 heteroatoms. The smallest absolute Gasteiger partial charge is 0.333 e. The van der Waals surface area contributed by atoms with Crippen LogP contribution in [0.3, 0.4) is 0 Å². The molecule has 0 radical (unpaired) electrons. The highest BCUT2D eigenvalue weighted by molar-refractivity contribution is 7.86. The van der Waals surface area contributed by atoms with Crippen LogP contribution < -0.4 is 10.2 Å². The lowest BCUT2D eigenvalue weighted by atomic mass is 10.1. The number of esters is 5. The molecule has 0 aliphatic heterocycles. The molecule has 692 valence electrons. The number of hydrogen-bond acceptors (Lipinski definition) is 28. The predicted octanol–water partition coefficient (Wildman–Crippen LogP) is 3.93. The van der Waals surface area contributed by atoms with Gasteiger partial charge in [0, 0.05) is 77.2 Å². The van der Waals surface area contributed by atoms with E-state index in [2.05, 4.69) is 53.0 Å². The largest absolute Gasteiger partial charge is 0.876 e. The number of likely N-dealkylation sites (N-methyl/N-ethyl adjacent to an activating group) is 5. The number of unbranched alkanes of at least 4 members (excludes halogenated alkanes) is 10. The number of carbonyl (C=O) groups excluding carboxylic acids is 7. The van der Waals surface area contributed by atoms with Crippen LogP contribution in [-0.2, 0) is 102 Å². The number of carboxylic acid groups (broad SMARTS) is 1. The molecule has 0 aliphatic carbocycles. The summed E-state index contributed by atoms with van der Waals surface area (Å²) in [5.74, 6) is -4.84. The van der Waals surface area contributed by atoms with E-state index < -0.39 is 76.4 Å². The zero-order valence-electron chi connectivity index (χ0n) is 74.4. The number of aliphatic hydroxyl groups excluding tert-OH is 1. The molecule has 1 N–H and O–H groups in total. The molecule has 34 nitrogen and oxygen atoms in total. The Bertz CT molecular complexity index is 3520. The number of rotatable bonds is 61. The average molecular weight is 1770 g/mol. The van der Waals surface area contributed by atoms with Gasteiger partial charge in [0.05, 0.1) is 179 Å². The van der Waals surface area contributed by atoms with Crippen LogP contribution in [0.15, 0.2) is 85.8 Å². The van der Waals surface area contributed by atoms with Gasteiger partial charge < -0.3 is 93.6 Å². The summed E-state index contributed by atoms with van der Waals surface area (Å²) in [4.78, 5) is 77.4. The third kappa shape index (κ3) is 90.6. The predicted molar refractivity (Wildman–Crippen MR) is 447 cm³/mol. The van der Waals surface area contributed by atoms with Gasteiger partial charge in [0.15, 0.2) is 5.78 Å². The molecule has 0 spiro atoms. The monoisotopic (exact) mass is 1770 g/mol. The second kappa shape index (κ2) is 64.6. The van der Waals surface area contributed by atoms with Crippen molar-refractivity contribution in [2.24, 2.45) is 0 Å².